The van der Waals surface area contributed by atoms with E-state index < -0.39 is 4.92 Å². The summed E-state index contributed by atoms with van der Waals surface area (Å²) in [5, 5.41) is 10.6. The molecule has 0 bridgehead atoms. The van der Waals surface area contributed by atoms with E-state index in [2.05, 4.69) is 6.92 Å². The molecule has 0 saturated carbocycles. The van der Waals surface area contributed by atoms with Crippen LogP contribution in [0.2, 0.25) is 0 Å². The van der Waals surface area contributed by atoms with Gasteiger partial charge >= 0.3 is 0 Å². The SMILES string of the molecule is CCCCCc1ccc(N)c([N+](=O)[O-])c1. The monoisotopic (exact) mass is 208 g/mol. The van der Waals surface area contributed by atoms with Crippen LogP contribution in [0.5, 0.6) is 0 Å². The summed E-state index contributed by atoms with van der Waals surface area (Å²) in [6, 6.07) is 5.04. The molecule has 0 atom stereocenters. The molecule has 0 amide bonds. The van der Waals surface area contributed by atoms with Crippen LogP contribution in [0, 0.1) is 10.1 Å². The number of aryl methyl sites for hydroxylation is 1. The highest BCUT2D eigenvalue weighted by Crippen LogP contribution is 2.23. The molecule has 82 valence electrons. The lowest BCUT2D eigenvalue weighted by atomic mass is 10.1. The molecular weight excluding hydrogens is 192 g/mol. The van der Waals surface area contributed by atoms with Crippen LogP contribution < -0.4 is 5.73 Å². The van der Waals surface area contributed by atoms with E-state index in [-0.39, 0.29) is 11.4 Å². The summed E-state index contributed by atoms with van der Waals surface area (Å²) in [4.78, 5) is 10.2. The number of benzene rings is 1. The van der Waals surface area contributed by atoms with Crippen molar-refractivity contribution in [3.63, 3.8) is 0 Å². The van der Waals surface area contributed by atoms with Gasteiger partial charge in [0.15, 0.2) is 0 Å². The smallest absolute Gasteiger partial charge is 0.292 e. The van der Waals surface area contributed by atoms with E-state index in [4.69, 9.17) is 5.73 Å². The fourth-order valence-electron chi connectivity index (χ4n) is 1.48. The van der Waals surface area contributed by atoms with Gasteiger partial charge in [0.1, 0.15) is 5.69 Å². The maximum Gasteiger partial charge on any atom is 0.292 e. The minimum absolute atomic E-state index is 0.0176. The van der Waals surface area contributed by atoms with E-state index in [9.17, 15) is 10.1 Å². The Bertz CT molecular complexity index is 350. The van der Waals surface area contributed by atoms with Crippen LogP contribution in [0.4, 0.5) is 11.4 Å². The predicted molar refractivity (Wildman–Crippen MR) is 60.7 cm³/mol. The van der Waals surface area contributed by atoms with Gasteiger partial charge in [-0.2, -0.15) is 0 Å². The summed E-state index contributed by atoms with van der Waals surface area (Å²) in [6.07, 6.45) is 4.25. The lowest BCUT2D eigenvalue weighted by Crippen LogP contribution is -1.97. The molecule has 0 spiro atoms. The van der Waals surface area contributed by atoms with Crippen molar-refractivity contribution >= 4 is 11.4 Å². The van der Waals surface area contributed by atoms with Crippen LogP contribution in [-0.2, 0) is 6.42 Å². The second-order valence-electron chi connectivity index (χ2n) is 3.61. The van der Waals surface area contributed by atoms with Crippen molar-refractivity contribution in [2.24, 2.45) is 0 Å². The number of rotatable bonds is 5. The average Bonchev–Trinajstić information content (AvgIpc) is 2.20. The molecule has 0 radical (unpaired) electrons. The van der Waals surface area contributed by atoms with Crippen molar-refractivity contribution in [2.75, 3.05) is 5.73 Å². The van der Waals surface area contributed by atoms with E-state index in [0.717, 1.165) is 31.2 Å². The topological polar surface area (TPSA) is 69.2 Å². The molecule has 0 aliphatic rings. The normalized spacial score (nSPS) is 10.2. The highest BCUT2D eigenvalue weighted by molar-refractivity contribution is 5.59. The highest BCUT2D eigenvalue weighted by atomic mass is 16.6. The van der Waals surface area contributed by atoms with Crippen LogP contribution in [0.15, 0.2) is 18.2 Å². The molecule has 0 heterocycles. The lowest BCUT2D eigenvalue weighted by molar-refractivity contribution is -0.384. The van der Waals surface area contributed by atoms with E-state index in [1.54, 1.807) is 12.1 Å². The van der Waals surface area contributed by atoms with Crippen LogP contribution in [0.1, 0.15) is 31.7 Å². The number of nitrogens with zero attached hydrogens (tertiary/aromatic N) is 1. The minimum atomic E-state index is -0.432. The zero-order valence-electron chi connectivity index (χ0n) is 8.90. The second kappa shape index (κ2) is 5.34. The number of hydrogen-bond donors (Lipinski definition) is 1. The minimum Gasteiger partial charge on any atom is -0.393 e. The maximum atomic E-state index is 10.6. The van der Waals surface area contributed by atoms with Crippen molar-refractivity contribution in [1.82, 2.24) is 0 Å². The van der Waals surface area contributed by atoms with Gasteiger partial charge in [0.2, 0.25) is 0 Å². The molecule has 4 nitrogen and oxygen atoms in total. The third-order valence-corrected chi connectivity index (χ3v) is 2.36. The van der Waals surface area contributed by atoms with E-state index in [1.807, 2.05) is 6.07 Å². The fraction of sp³-hybridized carbons (Fsp3) is 0.455. The molecule has 4 heteroatoms. The van der Waals surface area contributed by atoms with Crippen LogP contribution >= 0.6 is 0 Å². The maximum absolute atomic E-state index is 10.6. The first-order valence-corrected chi connectivity index (χ1v) is 5.18. The summed E-state index contributed by atoms with van der Waals surface area (Å²) in [7, 11) is 0. The van der Waals surface area contributed by atoms with Crippen molar-refractivity contribution in [3.05, 3.63) is 33.9 Å². The first-order valence-electron chi connectivity index (χ1n) is 5.18. The summed E-state index contributed by atoms with van der Waals surface area (Å²) in [6.45, 7) is 2.13. The van der Waals surface area contributed by atoms with Crippen molar-refractivity contribution in [1.29, 1.82) is 0 Å². The first kappa shape index (κ1) is 11.5. The number of anilines is 1. The Balaban J connectivity index is 2.74. The molecular formula is C11H16N2O2. The Hall–Kier alpha value is -1.58. The zero-order chi connectivity index (χ0) is 11.3. The molecule has 1 aromatic rings. The number of nitro benzene ring substituents is 1. The molecule has 0 aliphatic heterocycles. The molecule has 0 fully saturated rings. The number of nitrogen functional groups attached to an aromatic ring is 1. The van der Waals surface area contributed by atoms with Gasteiger partial charge in [-0.05, 0) is 24.5 Å². The second-order valence-corrected chi connectivity index (χ2v) is 3.61. The highest BCUT2D eigenvalue weighted by Gasteiger charge is 2.11. The van der Waals surface area contributed by atoms with Gasteiger partial charge in [0.05, 0.1) is 4.92 Å². The molecule has 0 unspecified atom stereocenters. The number of hydrogen-bond acceptors (Lipinski definition) is 3. The zero-order valence-corrected chi connectivity index (χ0v) is 8.90. The number of nitro groups is 1. The predicted octanol–water partition coefficient (Wildman–Crippen LogP) is 2.91. The van der Waals surface area contributed by atoms with Crippen LogP contribution in [-0.4, -0.2) is 4.92 Å². The fourth-order valence-corrected chi connectivity index (χ4v) is 1.48. The Morgan fingerprint density at radius 2 is 2.13 bits per heavy atom. The van der Waals surface area contributed by atoms with Gasteiger partial charge in [0, 0.05) is 6.07 Å². The molecule has 0 saturated heterocycles. The molecule has 1 aromatic carbocycles. The molecule has 0 aliphatic carbocycles. The lowest BCUT2D eigenvalue weighted by Gasteiger charge is -2.02. The standard InChI is InChI=1S/C11H16N2O2/c1-2-3-4-5-9-6-7-10(12)11(8-9)13(14)15/h6-8H,2-5,12H2,1H3. The molecule has 1 rings (SSSR count). The molecule has 0 aromatic heterocycles. The Labute approximate surface area is 89.2 Å². The Morgan fingerprint density at radius 1 is 1.40 bits per heavy atom. The van der Waals surface area contributed by atoms with Crippen molar-refractivity contribution in [2.45, 2.75) is 32.6 Å². The molecule has 15 heavy (non-hydrogen) atoms. The number of nitrogens with two attached hydrogens (primary N) is 1. The van der Waals surface area contributed by atoms with Crippen LogP contribution in [0.3, 0.4) is 0 Å². The first-order chi connectivity index (χ1) is 7.15. The van der Waals surface area contributed by atoms with Gasteiger partial charge in [-0.3, -0.25) is 10.1 Å². The number of unbranched alkanes of at least 4 members (excludes halogenated alkanes) is 2. The summed E-state index contributed by atoms with van der Waals surface area (Å²) in [5.74, 6) is 0. The molecule has 2 N–H and O–H groups in total. The third-order valence-electron chi connectivity index (χ3n) is 2.36. The van der Waals surface area contributed by atoms with Gasteiger partial charge in [-0.15, -0.1) is 0 Å². The van der Waals surface area contributed by atoms with E-state index in [0.29, 0.717) is 0 Å². The Morgan fingerprint density at radius 3 is 2.73 bits per heavy atom. The van der Waals surface area contributed by atoms with Gasteiger partial charge < -0.3 is 5.73 Å². The average molecular weight is 208 g/mol. The summed E-state index contributed by atoms with van der Waals surface area (Å²) < 4.78 is 0. The summed E-state index contributed by atoms with van der Waals surface area (Å²) >= 11 is 0. The van der Waals surface area contributed by atoms with E-state index >= 15 is 0 Å². The van der Waals surface area contributed by atoms with Crippen molar-refractivity contribution in [3.8, 4) is 0 Å². The van der Waals surface area contributed by atoms with E-state index in [1.165, 1.54) is 0 Å². The largest absolute Gasteiger partial charge is 0.393 e. The van der Waals surface area contributed by atoms with Gasteiger partial charge in [-0.1, -0.05) is 25.8 Å². The van der Waals surface area contributed by atoms with Gasteiger partial charge in [0.25, 0.3) is 5.69 Å². The quantitative estimate of drug-likeness (QED) is 0.350. The third kappa shape index (κ3) is 3.23. The van der Waals surface area contributed by atoms with Gasteiger partial charge in [-0.25, -0.2) is 0 Å². The Kier molecular flexibility index (Phi) is 4.09. The van der Waals surface area contributed by atoms with Crippen molar-refractivity contribution < 1.29 is 4.92 Å². The summed E-state index contributed by atoms with van der Waals surface area (Å²) in [5.41, 5.74) is 6.75. The van der Waals surface area contributed by atoms with Crippen LogP contribution in [0.25, 0.3) is 0 Å².